The quantitative estimate of drug-likeness (QED) is 0.871. The summed E-state index contributed by atoms with van der Waals surface area (Å²) in [5, 5.41) is 9.27. The molecule has 0 radical (unpaired) electrons. The molecule has 0 aromatic carbocycles. The number of anilines is 1. The van der Waals surface area contributed by atoms with E-state index in [9.17, 15) is 4.79 Å². The van der Waals surface area contributed by atoms with Crippen LogP contribution in [0.25, 0.3) is 0 Å². The van der Waals surface area contributed by atoms with E-state index in [1.807, 2.05) is 13.8 Å². The molecule has 2 N–H and O–H groups in total. The molecule has 0 spiro atoms. The van der Waals surface area contributed by atoms with Crippen LogP contribution in [0.5, 0.6) is 5.88 Å². The molecular formula is C12H15N5O2. The Kier molecular flexibility index (Phi) is 3.74. The van der Waals surface area contributed by atoms with Gasteiger partial charge in [-0.15, -0.1) is 5.10 Å². The second-order valence-electron chi connectivity index (χ2n) is 4.24. The zero-order valence-electron chi connectivity index (χ0n) is 11.0. The molecule has 0 atom stereocenters. The highest BCUT2D eigenvalue weighted by molar-refractivity contribution is 6.01. The lowest BCUT2D eigenvalue weighted by Gasteiger charge is -2.03. The van der Waals surface area contributed by atoms with Gasteiger partial charge in [0.2, 0.25) is 11.7 Å². The molecule has 19 heavy (non-hydrogen) atoms. The predicted molar refractivity (Wildman–Crippen MR) is 69.2 cm³/mol. The maximum Gasteiger partial charge on any atom is 0.295 e. The van der Waals surface area contributed by atoms with Gasteiger partial charge in [0, 0.05) is 12.0 Å². The second-order valence-corrected chi connectivity index (χ2v) is 4.24. The lowest BCUT2D eigenvalue weighted by Crippen LogP contribution is -2.14. The van der Waals surface area contributed by atoms with E-state index in [1.165, 1.54) is 13.3 Å². The van der Waals surface area contributed by atoms with Crippen LogP contribution in [0.15, 0.2) is 18.3 Å². The Balaban J connectivity index is 2.06. The Morgan fingerprint density at radius 2 is 2.21 bits per heavy atom. The number of amides is 1. The first-order valence-corrected chi connectivity index (χ1v) is 5.84. The van der Waals surface area contributed by atoms with Gasteiger partial charge in [0.25, 0.3) is 5.91 Å². The maximum atomic E-state index is 11.9. The van der Waals surface area contributed by atoms with Crippen molar-refractivity contribution in [2.24, 2.45) is 0 Å². The number of aromatic amines is 1. The highest BCUT2D eigenvalue weighted by Crippen LogP contribution is 2.12. The highest BCUT2D eigenvalue weighted by Gasteiger charge is 2.14. The zero-order valence-corrected chi connectivity index (χ0v) is 11.0. The highest BCUT2D eigenvalue weighted by atomic mass is 16.5. The van der Waals surface area contributed by atoms with Gasteiger partial charge in [-0.3, -0.25) is 9.89 Å². The first-order valence-electron chi connectivity index (χ1n) is 5.84. The number of ether oxygens (including phenoxy) is 1. The molecule has 0 fully saturated rings. The summed E-state index contributed by atoms with van der Waals surface area (Å²) in [5.41, 5.74) is 0.557. The molecule has 0 aliphatic rings. The fourth-order valence-electron chi connectivity index (χ4n) is 1.40. The summed E-state index contributed by atoms with van der Waals surface area (Å²) in [4.78, 5) is 20.0. The monoisotopic (exact) mass is 261 g/mol. The number of aromatic nitrogens is 4. The normalized spacial score (nSPS) is 10.5. The molecule has 2 aromatic heterocycles. The number of hydrogen-bond donors (Lipinski definition) is 2. The fraction of sp³-hybridized carbons (Fsp3) is 0.333. The van der Waals surface area contributed by atoms with E-state index in [-0.39, 0.29) is 17.6 Å². The van der Waals surface area contributed by atoms with Gasteiger partial charge in [0.05, 0.1) is 19.0 Å². The van der Waals surface area contributed by atoms with Crippen LogP contribution in [-0.4, -0.2) is 33.2 Å². The van der Waals surface area contributed by atoms with Crippen molar-refractivity contribution in [3.63, 3.8) is 0 Å². The second kappa shape index (κ2) is 5.47. The molecule has 0 unspecified atom stereocenters. The lowest BCUT2D eigenvalue weighted by molar-refractivity contribution is 0.101. The van der Waals surface area contributed by atoms with Gasteiger partial charge in [-0.2, -0.15) is 0 Å². The SMILES string of the molecule is COc1ccc(NC(=O)c2n[nH]c(C(C)C)n2)cn1. The Bertz CT molecular complexity index is 562. The minimum atomic E-state index is -0.380. The fourth-order valence-corrected chi connectivity index (χ4v) is 1.40. The third-order valence-corrected chi connectivity index (χ3v) is 2.46. The van der Waals surface area contributed by atoms with E-state index in [1.54, 1.807) is 12.1 Å². The molecule has 2 heterocycles. The Morgan fingerprint density at radius 1 is 1.42 bits per heavy atom. The van der Waals surface area contributed by atoms with Crippen LogP contribution in [0.2, 0.25) is 0 Å². The molecule has 2 aromatic rings. The summed E-state index contributed by atoms with van der Waals surface area (Å²) in [6, 6.07) is 3.35. The molecule has 7 nitrogen and oxygen atoms in total. The van der Waals surface area contributed by atoms with Gasteiger partial charge < -0.3 is 10.1 Å². The number of rotatable bonds is 4. The van der Waals surface area contributed by atoms with Crippen LogP contribution in [0.3, 0.4) is 0 Å². The van der Waals surface area contributed by atoms with E-state index in [2.05, 4.69) is 25.5 Å². The average Bonchev–Trinajstić information content (AvgIpc) is 2.89. The van der Waals surface area contributed by atoms with E-state index in [4.69, 9.17) is 4.74 Å². The number of carbonyl (C=O) groups excluding carboxylic acids is 1. The van der Waals surface area contributed by atoms with Crippen LogP contribution in [0.4, 0.5) is 5.69 Å². The number of methoxy groups -OCH3 is 1. The largest absolute Gasteiger partial charge is 0.481 e. The number of carbonyl (C=O) groups is 1. The summed E-state index contributed by atoms with van der Waals surface area (Å²) in [6.45, 7) is 3.94. The van der Waals surface area contributed by atoms with E-state index < -0.39 is 0 Å². The van der Waals surface area contributed by atoms with Gasteiger partial charge in [0.15, 0.2) is 0 Å². The first-order chi connectivity index (χ1) is 9.10. The van der Waals surface area contributed by atoms with Crippen LogP contribution in [0, 0.1) is 0 Å². The van der Waals surface area contributed by atoms with Crippen molar-refractivity contribution in [2.75, 3.05) is 12.4 Å². The van der Waals surface area contributed by atoms with E-state index in [0.717, 1.165) is 0 Å². The van der Waals surface area contributed by atoms with Crippen molar-refractivity contribution in [3.05, 3.63) is 30.0 Å². The molecule has 0 aliphatic carbocycles. The summed E-state index contributed by atoms with van der Waals surface area (Å²) < 4.78 is 4.93. The van der Waals surface area contributed by atoms with Crippen molar-refractivity contribution in [1.82, 2.24) is 20.2 Å². The van der Waals surface area contributed by atoms with Gasteiger partial charge in [0.1, 0.15) is 5.82 Å². The van der Waals surface area contributed by atoms with Crippen molar-refractivity contribution in [2.45, 2.75) is 19.8 Å². The molecule has 7 heteroatoms. The van der Waals surface area contributed by atoms with Crippen molar-refractivity contribution in [3.8, 4) is 5.88 Å². The Morgan fingerprint density at radius 3 is 2.74 bits per heavy atom. The molecule has 0 saturated heterocycles. The van der Waals surface area contributed by atoms with Crippen LogP contribution in [0.1, 0.15) is 36.2 Å². The number of nitrogens with zero attached hydrogens (tertiary/aromatic N) is 3. The molecule has 0 saturated carbocycles. The third-order valence-electron chi connectivity index (χ3n) is 2.46. The van der Waals surface area contributed by atoms with Gasteiger partial charge >= 0.3 is 0 Å². The molecule has 0 aliphatic heterocycles. The number of hydrogen-bond acceptors (Lipinski definition) is 5. The smallest absolute Gasteiger partial charge is 0.295 e. The molecule has 100 valence electrons. The van der Waals surface area contributed by atoms with Gasteiger partial charge in [-0.05, 0) is 6.07 Å². The van der Waals surface area contributed by atoms with E-state index >= 15 is 0 Å². The van der Waals surface area contributed by atoms with Crippen LogP contribution < -0.4 is 10.1 Å². The summed E-state index contributed by atoms with van der Waals surface area (Å²) in [5.74, 6) is 1.09. The van der Waals surface area contributed by atoms with E-state index in [0.29, 0.717) is 17.4 Å². The zero-order chi connectivity index (χ0) is 13.8. The number of H-pyrrole nitrogens is 1. The third kappa shape index (κ3) is 3.06. The lowest BCUT2D eigenvalue weighted by atomic mass is 10.2. The summed E-state index contributed by atoms with van der Waals surface area (Å²) in [7, 11) is 1.53. The standard InChI is InChI=1S/C12H15N5O2/c1-7(2)10-15-11(17-16-10)12(18)14-8-4-5-9(19-3)13-6-8/h4-7H,1-3H3,(H,14,18)(H,15,16,17). The van der Waals surface area contributed by atoms with Gasteiger partial charge in [-0.1, -0.05) is 13.8 Å². The average molecular weight is 261 g/mol. The topological polar surface area (TPSA) is 92.8 Å². The predicted octanol–water partition coefficient (Wildman–Crippen LogP) is 1.58. The summed E-state index contributed by atoms with van der Waals surface area (Å²) >= 11 is 0. The van der Waals surface area contributed by atoms with Crippen LogP contribution in [-0.2, 0) is 0 Å². The Labute approximate surface area is 110 Å². The maximum absolute atomic E-state index is 11.9. The Hall–Kier alpha value is -2.44. The van der Waals surface area contributed by atoms with Gasteiger partial charge in [-0.25, -0.2) is 9.97 Å². The summed E-state index contributed by atoms with van der Waals surface area (Å²) in [6.07, 6.45) is 1.51. The minimum Gasteiger partial charge on any atom is -0.481 e. The number of pyridine rings is 1. The molecule has 1 amide bonds. The minimum absolute atomic E-state index is 0.111. The molecule has 0 bridgehead atoms. The van der Waals surface area contributed by atoms with Crippen LogP contribution >= 0.6 is 0 Å². The van der Waals surface area contributed by atoms with Crippen molar-refractivity contribution in [1.29, 1.82) is 0 Å². The van der Waals surface area contributed by atoms with Crippen molar-refractivity contribution >= 4 is 11.6 Å². The molecule has 2 rings (SSSR count). The van der Waals surface area contributed by atoms with Crippen molar-refractivity contribution < 1.29 is 9.53 Å². The number of nitrogens with one attached hydrogen (secondary N) is 2. The first kappa shape index (κ1) is 13.0. The molecular weight excluding hydrogens is 246 g/mol.